The van der Waals surface area contributed by atoms with Gasteiger partial charge in [0.25, 0.3) is 0 Å². The lowest BCUT2D eigenvalue weighted by Gasteiger charge is -2.11. The van der Waals surface area contributed by atoms with E-state index < -0.39 is 11.9 Å². The number of halogens is 4. The third-order valence-corrected chi connectivity index (χ3v) is 2.88. The summed E-state index contributed by atoms with van der Waals surface area (Å²) in [7, 11) is 1.46. The molecular weight excluding hydrogens is 305 g/mol. The quantitative estimate of drug-likeness (QED) is 0.900. The molecule has 0 saturated carbocycles. The van der Waals surface area contributed by atoms with Gasteiger partial charge in [-0.05, 0) is 17.7 Å². The summed E-state index contributed by atoms with van der Waals surface area (Å²) in [6, 6.07) is 7.84. The molecule has 0 unspecified atom stereocenters. The number of aromatic nitrogens is 2. The Bertz CT molecular complexity index is 614. The van der Waals surface area contributed by atoms with Crippen molar-refractivity contribution in [2.24, 2.45) is 0 Å². The molecule has 8 heteroatoms. The Labute approximate surface area is 124 Å². The van der Waals surface area contributed by atoms with Crippen molar-refractivity contribution in [2.75, 3.05) is 17.7 Å². The molecule has 0 aliphatic carbocycles. The zero-order valence-corrected chi connectivity index (χ0v) is 11.8. The van der Waals surface area contributed by atoms with Crippen LogP contribution in [0.2, 0.25) is 5.02 Å². The second kappa shape index (κ2) is 6.17. The van der Waals surface area contributed by atoms with Gasteiger partial charge in [-0.15, -0.1) is 0 Å². The SMILES string of the molecule is CNc1nc(NCc2ccc(Cl)cc2)cc(C(F)(F)F)n1. The number of nitrogens with one attached hydrogen (secondary N) is 2. The second-order valence-corrected chi connectivity index (χ2v) is 4.63. The Morgan fingerprint density at radius 2 is 1.81 bits per heavy atom. The predicted molar refractivity (Wildman–Crippen MR) is 75.4 cm³/mol. The third kappa shape index (κ3) is 4.22. The van der Waals surface area contributed by atoms with E-state index in [1.165, 1.54) is 7.05 Å². The lowest BCUT2D eigenvalue weighted by Crippen LogP contribution is -2.13. The molecule has 2 N–H and O–H groups in total. The molecule has 1 aromatic carbocycles. The van der Waals surface area contributed by atoms with Crippen LogP contribution in [0, 0.1) is 0 Å². The first-order chi connectivity index (χ1) is 9.88. The van der Waals surface area contributed by atoms with Crippen LogP contribution in [-0.2, 0) is 12.7 Å². The van der Waals surface area contributed by atoms with Crippen LogP contribution >= 0.6 is 11.6 Å². The first-order valence-corrected chi connectivity index (χ1v) is 6.38. The molecule has 21 heavy (non-hydrogen) atoms. The molecule has 1 aromatic heterocycles. The molecule has 112 valence electrons. The highest BCUT2D eigenvalue weighted by molar-refractivity contribution is 6.30. The van der Waals surface area contributed by atoms with Crippen molar-refractivity contribution < 1.29 is 13.2 Å². The molecular formula is C13H12ClF3N4. The van der Waals surface area contributed by atoms with Crippen molar-refractivity contribution >= 4 is 23.4 Å². The molecule has 0 aliphatic rings. The van der Waals surface area contributed by atoms with E-state index >= 15 is 0 Å². The standard InChI is InChI=1S/C13H12ClF3N4/c1-18-12-20-10(13(15,16)17)6-11(21-12)19-7-8-2-4-9(14)5-3-8/h2-6H,7H2,1H3,(H2,18,19,20,21). The number of hydrogen-bond donors (Lipinski definition) is 2. The monoisotopic (exact) mass is 316 g/mol. The van der Waals surface area contributed by atoms with Gasteiger partial charge in [0.15, 0.2) is 5.69 Å². The normalized spacial score (nSPS) is 11.3. The number of alkyl halides is 3. The lowest BCUT2D eigenvalue weighted by atomic mass is 10.2. The maximum Gasteiger partial charge on any atom is 0.433 e. The van der Waals surface area contributed by atoms with Crippen LogP contribution in [0.5, 0.6) is 0 Å². The fourth-order valence-electron chi connectivity index (χ4n) is 1.59. The summed E-state index contributed by atoms with van der Waals surface area (Å²) in [5.74, 6) is 0.0000520. The third-order valence-electron chi connectivity index (χ3n) is 2.63. The molecule has 1 heterocycles. The van der Waals surface area contributed by atoms with E-state index in [-0.39, 0.29) is 11.8 Å². The van der Waals surface area contributed by atoms with Gasteiger partial charge >= 0.3 is 6.18 Å². The van der Waals surface area contributed by atoms with Gasteiger partial charge in [0.05, 0.1) is 0 Å². The zero-order valence-electron chi connectivity index (χ0n) is 11.0. The van der Waals surface area contributed by atoms with Crippen LogP contribution < -0.4 is 10.6 Å². The topological polar surface area (TPSA) is 49.8 Å². The zero-order chi connectivity index (χ0) is 15.5. The average Bonchev–Trinajstić information content (AvgIpc) is 2.45. The number of rotatable bonds is 4. The Morgan fingerprint density at radius 1 is 1.14 bits per heavy atom. The van der Waals surface area contributed by atoms with Gasteiger partial charge in [-0.25, -0.2) is 4.98 Å². The summed E-state index contributed by atoms with van der Waals surface area (Å²) in [6.07, 6.45) is -4.52. The molecule has 2 aromatic rings. The number of anilines is 2. The van der Waals surface area contributed by atoms with Crippen LogP contribution in [0.1, 0.15) is 11.3 Å². The first kappa shape index (κ1) is 15.4. The maximum absolute atomic E-state index is 12.7. The van der Waals surface area contributed by atoms with Gasteiger partial charge in [-0.2, -0.15) is 18.2 Å². The Hall–Kier alpha value is -2.02. The van der Waals surface area contributed by atoms with Crippen molar-refractivity contribution in [3.63, 3.8) is 0 Å². The minimum Gasteiger partial charge on any atom is -0.366 e. The second-order valence-electron chi connectivity index (χ2n) is 4.19. The highest BCUT2D eigenvalue weighted by Gasteiger charge is 2.33. The molecule has 2 rings (SSSR count). The van der Waals surface area contributed by atoms with Gasteiger partial charge in [-0.3, -0.25) is 0 Å². The van der Waals surface area contributed by atoms with Crippen molar-refractivity contribution in [1.82, 2.24) is 9.97 Å². The van der Waals surface area contributed by atoms with E-state index in [9.17, 15) is 13.2 Å². The van der Waals surface area contributed by atoms with Crippen molar-refractivity contribution in [1.29, 1.82) is 0 Å². The Morgan fingerprint density at radius 3 is 2.38 bits per heavy atom. The van der Waals surface area contributed by atoms with Crippen LogP contribution in [0.3, 0.4) is 0 Å². The van der Waals surface area contributed by atoms with Crippen LogP contribution in [0.15, 0.2) is 30.3 Å². The molecule has 0 aliphatic heterocycles. The van der Waals surface area contributed by atoms with Crippen LogP contribution in [-0.4, -0.2) is 17.0 Å². The average molecular weight is 317 g/mol. The summed E-state index contributed by atoms with van der Waals surface area (Å²) in [4.78, 5) is 7.32. The van der Waals surface area contributed by atoms with Gasteiger partial charge in [0.1, 0.15) is 5.82 Å². The smallest absolute Gasteiger partial charge is 0.366 e. The fraction of sp³-hybridized carbons (Fsp3) is 0.231. The minimum absolute atomic E-state index is 0.0940. The molecule has 0 atom stereocenters. The van der Waals surface area contributed by atoms with Crippen molar-refractivity contribution in [3.05, 3.63) is 46.6 Å². The minimum atomic E-state index is -4.52. The lowest BCUT2D eigenvalue weighted by molar-refractivity contribution is -0.141. The highest BCUT2D eigenvalue weighted by Crippen LogP contribution is 2.29. The van der Waals surface area contributed by atoms with Crippen molar-refractivity contribution in [2.45, 2.75) is 12.7 Å². The molecule has 0 amide bonds. The number of hydrogen-bond acceptors (Lipinski definition) is 4. The van der Waals surface area contributed by atoms with Crippen LogP contribution in [0.4, 0.5) is 24.9 Å². The summed E-state index contributed by atoms with van der Waals surface area (Å²) in [5, 5.41) is 5.93. The van der Waals surface area contributed by atoms with Gasteiger partial charge in [0, 0.05) is 24.7 Å². The Balaban J connectivity index is 2.17. The van der Waals surface area contributed by atoms with E-state index in [1.807, 2.05) is 0 Å². The molecule has 0 fully saturated rings. The molecule has 0 bridgehead atoms. The predicted octanol–water partition coefficient (Wildman–Crippen LogP) is 3.80. The van der Waals surface area contributed by atoms with E-state index in [2.05, 4.69) is 20.6 Å². The molecule has 0 radical (unpaired) electrons. The van der Waals surface area contributed by atoms with Crippen molar-refractivity contribution in [3.8, 4) is 0 Å². The maximum atomic E-state index is 12.7. The van der Waals surface area contributed by atoms with E-state index in [1.54, 1.807) is 24.3 Å². The van der Waals surface area contributed by atoms with Gasteiger partial charge < -0.3 is 10.6 Å². The largest absolute Gasteiger partial charge is 0.433 e. The summed E-state index contributed by atoms with van der Waals surface area (Å²) in [6.45, 7) is 0.328. The van der Waals surface area contributed by atoms with E-state index in [0.717, 1.165) is 11.6 Å². The summed E-state index contributed by atoms with van der Waals surface area (Å²) >= 11 is 5.77. The summed E-state index contributed by atoms with van der Waals surface area (Å²) < 4.78 is 38.2. The summed E-state index contributed by atoms with van der Waals surface area (Å²) in [5.41, 5.74) is -0.127. The number of benzene rings is 1. The first-order valence-electron chi connectivity index (χ1n) is 6.01. The van der Waals surface area contributed by atoms with E-state index in [4.69, 9.17) is 11.6 Å². The van der Waals surface area contributed by atoms with Gasteiger partial charge in [-0.1, -0.05) is 23.7 Å². The molecule has 0 spiro atoms. The van der Waals surface area contributed by atoms with Gasteiger partial charge in [0.2, 0.25) is 5.95 Å². The molecule has 4 nitrogen and oxygen atoms in total. The van der Waals surface area contributed by atoms with Crippen LogP contribution in [0.25, 0.3) is 0 Å². The number of nitrogens with zero attached hydrogens (tertiary/aromatic N) is 2. The Kier molecular flexibility index (Phi) is 4.52. The fourth-order valence-corrected chi connectivity index (χ4v) is 1.72. The highest BCUT2D eigenvalue weighted by atomic mass is 35.5. The van der Waals surface area contributed by atoms with E-state index in [0.29, 0.717) is 11.6 Å². The molecule has 0 saturated heterocycles.